The van der Waals surface area contributed by atoms with Gasteiger partial charge in [0.25, 0.3) is 0 Å². The minimum absolute atomic E-state index is 0.256. The molecule has 142 valence electrons. The summed E-state index contributed by atoms with van der Waals surface area (Å²) in [4.78, 5) is 1.53. The van der Waals surface area contributed by atoms with Gasteiger partial charge in [-0.05, 0) is 62.4 Å². The molecule has 2 aromatic rings. The predicted molar refractivity (Wildman–Crippen MR) is 105 cm³/mol. The summed E-state index contributed by atoms with van der Waals surface area (Å²) in [6.07, 6.45) is 8.52. The summed E-state index contributed by atoms with van der Waals surface area (Å²) in [6.45, 7) is 4.58. The van der Waals surface area contributed by atoms with E-state index in [0.29, 0.717) is 6.04 Å². The number of nitrogens with zero attached hydrogens (tertiary/aromatic N) is 1. The zero-order valence-corrected chi connectivity index (χ0v) is 16.2. The number of benzene rings is 1. The highest BCUT2D eigenvalue weighted by atomic mass is 16.5. The fraction of sp³-hybridized carbons (Fsp3) is 0.545. The molecule has 0 aliphatic heterocycles. The van der Waals surface area contributed by atoms with Crippen molar-refractivity contribution in [3.63, 3.8) is 0 Å². The van der Waals surface area contributed by atoms with E-state index in [1.165, 1.54) is 48.3 Å². The van der Waals surface area contributed by atoms with Gasteiger partial charge in [0.05, 0.1) is 18.8 Å². The van der Waals surface area contributed by atoms with E-state index in [0.717, 1.165) is 25.4 Å². The number of aliphatic hydroxyl groups excluding tert-OH is 1. The molecular formula is C22H33N2O2+. The summed E-state index contributed by atoms with van der Waals surface area (Å²) in [5.41, 5.74) is 2.59. The monoisotopic (exact) mass is 357 g/mol. The molecule has 1 aliphatic rings. The Labute approximate surface area is 157 Å². The molecule has 26 heavy (non-hydrogen) atoms. The first-order chi connectivity index (χ1) is 12.7. The van der Waals surface area contributed by atoms with Crippen LogP contribution >= 0.6 is 0 Å². The molecule has 1 unspecified atom stereocenters. The molecule has 0 saturated heterocycles. The Kier molecular flexibility index (Phi) is 6.75. The molecule has 0 spiro atoms. The van der Waals surface area contributed by atoms with E-state index in [1.807, 2.05) is 19.1 Å². The van der Waals surface area contributed by atoms with Crippen molar-refractivity contribution >= 4 is 0 Å². The lowest BCUT2D eigenvalue weighted by Gasteiger charge is -2.32. The number of aliphatic hydroxyl groups is 1. The second kappa shape index (κ2) is 9.24. The Balaban J connectivity index is 1.72. The zero-order chi connectivity index (χ0) is 18.4. The Bertz CT molecular complexity index is 674. The summed E-state index contributed by atoms with van der Waals surface area (Å²) in [6, 6.07) is 13.3. The van der Waals surface area contributed by atoms with Crippen LogP contribution in [-0.4, -0.2) is 35.5 Å². The number of nitrogens with one attached hydrogen (secondary N) is 1. The average molecular weight is 358 g/mol. The molecule has 1 aromatic carbocycles. The van der Waals surface area contributed by atoms with Gasteiger partial charge in [0, 0.05) is 12.7 Å². The maximum absolute atomic E-state index is 10.0. The Morgan fingerprint density at radius 1 is 1.19 bits per heavy atom. The van der Waals surface area contributed by atoms with Crippen LogP contribution in [0.15, 0.2) is 42.6 Å². The molecular weight excluding hydrogens is 324 g/mol. The molecule has 0 radical (unpaired) electrons. The van der Waals surface area contributed by atoms with Gasteiger partial charge >= 0.3 is 0 Å². The van der Waals surface area contributed by atoms with Gasteiger partial charge in [0.1, 0.15) is 24.9 Å². The molecule has 4 heteroatoms. The molecule has 0 amide bonds. The van der Waals surface area contributed by atoms with Crippen LogP contribution in [0.2, 0.25) is 0 Å². The third kappa shape index (κ3) is 5.12. The van der Waals surface area contributed by atoms with Crippen molar-refractivity contribution in [3.8, 4) is 5.75 Å². The normalized spacial score (nSPS) is 17.8. The number of hydrogen-bond acceptors (Lipinski definition) is 2. The van der Waals surface area contributed by atoms with E-state index in [-0.39, 0.29) is 6.10 Å². The van der Waals surface area contributed by atoms with Crippen molar-refractivity contribution < 1.29 is 14.7 Å². The Hall–Kier alpha value is -1.78. The van der Waals surface area contributed by atoms with E-state index < -0.39 is 0 Å². The molecule has 4 nitrogen and oxygen atoms in total. The molecule has 2 N–H and O–H groups in total. The highest BCUT2D eigenvalue weighted by Gasteiger charge is 2.26. The Morgan fingerprint density at radius 2 is 2.00 bits per heavy atom. The van der Waals surface area contributed by atoms with Crippen molar-refractivity contribution in [2.24, 2.45) is 0 Å². The maximum Gasteiger partial charge on any atom is 0.119 e. The van der Waals surface area contributed by atoms with Crippen molar-refractivity contribution in [1.29, 1.82) is 0 Å². The van der Waals surface area contributed by atoms with Crippen LogP contribution in [0.4, 0.5) is 0 Å². The summed E-state index contributed by atoms with van der Waals surface area (Å²) in [5, 5.41) is 10.0. The van der Waals surface area contributed by atoms with Gasteiger partial charge in [-0.15, -0.1) is 0 Å². The van der Waals surface area contributed by atoms with Gasteiger partial charge in [-0.1, -0.05) is 18.6 Å². The molecule has 3 rings (SSSR count). The molecule has 1 saturated carbocycles. The fourth-order valence-electron chi connectivity index (χ4n) is 4.24. The molecule has 1 aliphatic carbocycles. The standard InChI is InChI=1S/C22H32N2O2/c1-18(25)15-24(20-9-4-3-5-10-20)17-21-11-7-13-23(21)16-19-8-6-12-22(14-19)26-2/h6-8,11-14,18,20,25H,3-5,9-10,15-17H2,1-2H3/p+1/t18-/m1/s1. The quantitative estimate of drug-likeness (QED) is 0.762. The van der Waals surface area contributed by atoms with Crippen molar-refractivity contribution in [2.45, 2.75) is 64.3 Å². The zero-order valence-electron chi connectivity index (χ0n) is 16.2. The fourth-order valence-corrected chi connectivity index (χ4v) is 4.24. The van der Waals surface area contributed by atoms with Crippen LogP contribution in [0, 0.1) is 0 Å². The van der Waals surface area contributed by atoms with Crippen LogP contribution in [0.25, 0.3) is 0 Å². The third-order valence-corrected chi connectivity index (χ3v) is 5.56. The molecule has 1 aromatic heterocycles. The minimum atomic E-state index is -0.256. The van der Waals surface area contributed by atoms with Crippen LogP contribution in [0.5, 0.6) is 5.75 Å². The van der Waals surface area contributed by atoms with Gasteiger partial charge < -0.3 is 19.3 Å². The minimum Gasteiger partial charge on any atom is -0.497 e. The van der Waals surface area contributed by atoms with Gasteiger partial charge in [-0.3, -0.25) is 0 Å². The summed E-state index contributed by atoms with van der Waals surface area (Å²) in [5.74, 6) is 0.903. The van der Waals surface area contributed by atoms with Gasteiger partial charge in [-0.2, -0.15) is 0 Å². The first-order valence-electron chi connectivity index (χ1n) is 9.95. The molecule has 2 atom stereocenters. The second-order valence-corrected chi connectivity index (χ2v) is 7.70. The van der Waals surface area contributed by atoms with E-state index in [4.69, 9.17) is 4.74 Å². The topological polar surface area (TPSA) is 38.8 Å². The highest BCUT2D eigenvalue weighted by molar-refractivity contribution is 5.29. The SMILES string of the molecule is COc1cccc(Cn2cccc2C[NH+](C[C@@H](C)O)C2CCCCC2)c1. The van der Waals surface area contributed by atoms with Crippen molar-refractivity contribution in [3.05, 3.63) is 53.9 Å². The first-order valence-corrected chi connectivity index (χ1v) is 9.95. The average Bonchev–Trinajstić information content (AvgIpc) is 3.08. The summed E-state index contributed by atoms with van der Waals surface area (Å²) >= 11 is 0. The van der Waals surface area contributed by atoms with Crippen LogP contribution < -0.4 is 9.64 Å². The first kappa shape index (κ1) is 19.0. The number of quaternary nitrogens is 1. The van der Waals surface area contributed by atoms with Gasteiger partial charge in [0.2, 0.25) is 0 Å². The van der Waals surface area contributed by atoms with Gasteiger partial charge in [-0.25, -0.2) is 0 Å². The smallest absolute Gasteiger partial charge is 0.119 e. The van der Waals surface area contributed by atoms with Gasteiger partial charge in [0.15, 0.2) is 0 Å². The van der Waals surface area contributed by atoms with Crippen LogP contribution in [0.3, 0.4) is 0 Å². The predicted octanol–water partition coefficient (Wildman–Crippen LogP) is 2.64. The second-order valence-electron chi connectivity index (χ2n) is 7.70. The summed E-state index contributed by atoms with van der Waals surface area (Å²) in [7, 11) is 1.71. The number of hydrogen-bond donors (Lipinski definition) is 2. The van der Waals surface area contributed by atoms with Crippen molar-refractivity contribution in [1.82, 2.24) is 4.57 Å². The number of rotatable bonds is 8. The van der Waals surface area contributed by atoms with E-state index >= 15 is 0 Å². The molecule has 1 heterocycles. The van der Waals surface area contributed by atoms with E-state index in [2.05, 4.69) is 35.0 Å². The van der Waals surface area contributed by atoms with Crippen LogP contribution in [0.1, 0.15) is 50.3 Å². The lowest BCUT2D eigenvalue weighted by molar-refractivity contribution is -0.943. The lowest BCUT2D eigenvalue weighted by Crippen LogP contribution is -3.15. The summed E-state index contributed by atoms with van der Waals surface area (Å²) < 4.78 is 7.68. The Morgan fingerprint density at radius 3 is 2.73 bits per heavy atom. The largest absolute Gasteiger partial charge is 0.497 e. The van der Waals surface area contributed by atoms with Crippen LogP contribution in [-0.2, 0) is 13.1 Å². The lowest BCUT2D eigenvalue weighted by atomic mass is 9.94. The maximum atomic E-state index is 10.0. The number of aromatic nitrogens is 1. The third-order valence-electron chi connectivity index (χ3n) is 5.56. The number of methoxy groups -OCH3 is 1. The molecule has 0 bridgehead atoms. The molecule has 1 fully saturated rings. The van der Waals surface area contributed by atoms with E-state index in [1.54, 1.807) is 7.11 Å². The van der Waals surface area contributed by atoms with Crippen molar-refractivity contribution in [2.75, 3.05) is 13.7 Å². The highest BCUT2D eigenvalue weighted by Crippen LogP contribution is 2.17. The van der Waals surface area contributed by atoms with E-state index in [9.17, 15) is 5.11 Å². The number of ether oxygens (including phenoxy) is 1.